The number of rotatable bonds is 9. The molecule has 4 N–H and O–H groups in total. The third-order valence-corrected chi connectivity index (χ3v) is 7.49. The van der Waals surface area contributed by atoms with E-state index in [2.05, 4.69) is 29.9 Å². The number of halogens is 1. The molecule has 0 saturated carbocycles. The SMILES string of the molecule is Nc1nc2c(c(Cl)c(C(=O)O)n2CCN2CCN(c3ccc(OCC(=O)O)cc3)CC2)c2nc(-c3ccccn3)nn12. The van der Waals surface area contributed by atoms with Crippen molar-refractivity contribution in [2.75, 3.05) is 50.0 Å². The molecule has 0 atom stereocenters. The van der Waals surface area contributed by atoms with E-state index in [1.807, 2.05) is 18.2 Å². The van der Waals surface area contributed by atoms with Crippen molar-refractivity contribution in [1.82, 2.24) is 34.0 Å². The number of benzene rings is 1. The summed E-state index contributed by atoms with van der Waals surface area (Å²) in [6.07, 6.45) is 1.62. The highest BCUT2D eigenvalue weighted by atomic mass is 35.5. The number of anilines is 2. The Labute approximate surface area is 243 Å². The summed E-state index contributed by atoms with van der Waals surface area (Å²) in [6.45, 7) is 3.53. The van der Waals surface area contributed by atoms with Crippen molar-refractivity contribution in [3.8, 4) is 17.3 Å². The van der Waals surface area contributed by atoms with E-state index in [1.54, 1.807) is 35.0 Å². The quantitative estimate of drug-likeness (QED) is 0.228. The summed E-state index contributed by atoms with van der Waals surface area (Å²) in [5, 5.41) is 23.7. The smallest absolute Gasteiger partial charge is 0.354 e. The zero-order valence-corrected chi connectivity index (χ0v) is 23.0. The summed E-state index contributed by atoms with van der Waals surface area (Å²) >= 11 is 6.66. The van der Waals surface area contributed by atoms with Crippen LogP contribution in [0.25, 0.3) is 28.2 Å². The van der Waals surface area contributed by atoms with Crippen molar-refractivity contribution >= 4 is 51.9 Å². The molecule has 1 saturated heterocycles. The molecule has 14 nitrogen and oxygen atoms in total. The number of aromatic carboxylic acids is 1. The van der Waals surface area contributed by atoms with Gasteiger partial charge in [-0.1, -0.05) is 17.7 Å². The van der Waals surface area contributed by atoms with E-state index in [1.165, 1.54) is 4.52 Å². The van der Waals surface area contributed by atoms with Gasteiger partial charge in [-0.3, -0.25) is 9.88 Å². The van der Waals surface area contributed by atoms with Crippen LogP contribution in [0.15, 0.2) is 48.7 Å². The highest BCUT2D eigenvalue weighted by molar-refractivity contribution is 6.39. The number of hydrogen-bond acceptors (Lipinski definition) is 10. The molecular weight excluding hydrogens is 566 g/mol. The molecule has 0 amide bonds. The molecule has 1 aromatic carbocycles. The zero-order valence-electron chi connectivity index (χ0n) is 22.2. The monoisotopic (exact) mass is 591 g/mol. The fourth-order valence-electron chi connectivity index (χ4n) is 5.08. The van der Waals surface area contributed by atoms with Gasteiger partial charge in [0.15, 0.2) is 12.3 Å². The first-order valence-electron chi connectivity index (χ1n) is 13.1. The predicted octanol–water partition coefficient (Wildman–Crippen LogP) is 2.36. The highest BCUT2D eigenvalue weighted by Crippen LogP contribution is 2.34. The maximum absolute atomic E-state index is 12.3. The van der Waals surface area contributed by atoms with E-state index in [9.17, 15) is 14.7 Å². The first kappa shape index (κ1) is 27.2. The molecule has 216 valence electrons. The van der Waals surface area contributed by atoms with Crippen molar-refractivity contribution in [3.63, 3.8) is 0 Å². The largest absolute Gasteiger partial charge is 0.482 e. The second-order valence-corrected chi connectivity index (χ2v) is 10.1. The van der Waals surface area contributed by atoms with Gasteiger partial charge in [0.1, 0.15) is 22.8 Å². The fraction of sp³-hybridized carbons (Fsp3) is 0.259. The summed E-state index contributed by atoms with van der Waals surface area (Å²) < 4.78 is 8.13. The van der Waals surface area contributed by atoms with E-state index in [4.69, 9.17) is 27.2 Å². The average molecular weight is 592 g/mol. The molecule has 0 spiro atoms. The standard InChI is InChI=1S/C27H26ClN9O5/c28-21-20-24(32-27(29)37-25(20)31-23(33-37)18-3-1-2-8-30-18)36(22(21)26(40)41)14-11-34-9-12-35(13-10-34)16-4-6-17(7-5-16)42-15-19(38)39/h1-8H,9-15H2,(H2,29,32)(H,38,39)(H,40,41). The van der Waals surface area contributed by atoms with E-state index < -0.39 is 11.9 Å². The third-order valence-electron chi connectivity index (χ3n) is 7.12. The highest BCUT2D eigenvalue weighted by Gasteiger charge is 2.28. The van der Waals surface area contributed by atoms with Crippen LogP contribution in [0, 0.1) is 0 Å². The van der Waals surface area contributed by atoms with E-state index in [-0.39, 0.29) is 23.3 Å². The Kier molecular flexibility index (Phi) is 7.22. The lowest BCUT2D eigenvalue weighted by molar-refractivity contribution is -0.139. The van der Waals surface area contributed by atoms with Crippen molar-refractivity contribution in [2.24, 2.45) is 0 Å². The molecular formula is C27H26ClN9O5. The minimum absolute atomic E-state index is 0.0237. The molecule has 0 radical (unpaired) electrons. The lowest BCUT2D eigenvalue weighted by atomic mass is 10.2. The summed E-state index contributed by atoms with van der Waals surface area (Å²) in [5.74, 6) is -1.34. The van der Waals surface area contributed by atoms with Crippen LogP contribution < -0.4 is 15.4 Å². The lowest BCUT2D eigenvalue weighted by Gasteiger charge is -2.36. The molecule has 1 fully saturated rings. The number of carbonyl (C=O) groups is 2. The van der Waals surface area contributed by atoms with Gasteiger partial charge < -0.3 is 30.2 Å². The molecule has 5 heterocycles. The van der Waals surface area contributed by atoms with Gasteiger partial charge in [0.2, 0.25) is 11.8 Å². The van der Waals surface area contributed by atoms with Crippen LogP contribution in [0.5, 0.6) is 5.75 Å². The molecule has 4 aromatic heterocycles. The Morgan fingerprint density at radius 2 is 1.74 bits per heavy atom. The Morgan fingerprint density at radius 3 is 2.40 bits per heavy atom. The predicted molar refractivity (Wildman–Crippen MR) is 154 cm³/mol. The molecule has 6 rings (SSSR count). The summed E-state index contributed by atoms with van der Waals surface area (Å²) in [4.78, 5) is 40.9. The van der Waals surface area contributed by atoms with Gasteiger partial charge in [-0.2, -0.15) is 9.50 Å². The van der Waals surface area contributed by atoms with Gasteiger partial charge in [-0.15, -0.1) is 5.10 Å². The second-order valence-electron chi connectivity index (χ2n) is 9.68. The molecule has 0 aliphatic carbocycles. The number of piperazine rings is 1. The maximum atomic E-state index is 12.3. The Balaban J connectivity index is 1.20. The van der Waals surface area contributed by atoms with Crippen molar-refractivity contribution in [1.29, 1.82) is 0 Å². The lowest BCUT2D eigenvalue weighted by Crippen LogP contribution is -2.47. The Hall–Kier alpha value is -4.95. The van der Waals surface area contributed by atoms with Gasteiger partial charge in [0.25, 0.3) is 0 Å². The minimum atomic E-state index is -1.18. The number of aliphatic carboxylic acids is 1. The molecule has 5 aromatic rings. The number of ether oxygens (including phenoxy) is 1. The van der Waals surface area contributed by atoms with E-state index in [0.717, 1.165) is 31.9 Å². The molecule has 1 aliphatic heterocycles. The first-order chi connectivity index (χ1) is 20.3. The van der Waals surface area contributed by atoms with Crippen LogP contribution >= 0.6 is 11.6 Å². The van der Waals surface area contributed by atoms with Gasteiger partial charge in [-0.05, 0) is 36.4 Å². The van der Waals surface area contributed by atoms with Crippen molar-refractivity contribution < 1.29 is 24.5 Å². The zero-order chi connectivity index (χ0) is 29.4. The number of pyridine rings is 1. The van der Waals surface area contributed by atoms with Gasteiger partial charge in [0.05, 0.1) is 10.4 Å². The number of nitrogen functional groups attached to an aromatic ring is 1. The van der Waals surface area contributed by atoms with Crippen molar-refractivity contribution in [3.05, 3.63) is 59.4 Å². The molecule has 42 heavy (non-hydrogen) atoms. The van der Waals surface area contributed by atoms with Crippen LogP contribution in [0.1, 0.15) is 10.5 Å². The number of nitrogens with two attached hydrogens (primary N) is 1. The van der Waals surface area contributed by atoms with E-state index >= 15 is 0 Å². The van der Waals surface area contributed by atoms with Crippen LogP contribution in [-0.2, 0) is 11.3 Å². The van der Waals surface area contributed by atoms with Gasteiger partial charge in [0, 0.05) is 51.2 Å². The first-order valence-corrected chi connectivity index (χ1v) is 13.5. The fourth-order valence-corrected chi connectivity index (χ4v) is 5.43. The number of hydrogen-bond donors (Lipinski definition) is 3. The maximum Gasteiger partial charge on any atom is 0.354 e. The van der Waals surface area contributed by atoms with Gasteiger partial charge >= 0.3 is 11.9 Å². The Morgan fingerprint density at radius 1 is 0.976 bits per heavy atom. The van der Waals surface area contributed by atoms with Crippen LogP contribution in [0.3, 0.4) is 0 Å². The molecule has 15 heteroatoms. The summed E-state index contributed by atoms with van der Waals surface area (Å²) in [6, 6.07) is 12.7. The van der Waals surface area contributed by atoms with E-state index in [0.29, 0.717) is 47.0 Å². The topological polar surface area (TPSA) is 177 Å². The van der Waals surface area contributed by atoms with Crippen LogP contribution in [-0.4, -0.2) is 95.5 Å². The number of nitrogens with zero attached hydrogens (tertiary/aromatic N) is 8. The van der Waals surface area contributed by atoms with Crippen molar-refractivity contribution in [2.45, 2.75) is 6.54 Å². The number of carboxylic acid groups (broad SMARTS) is 2. The normalized spacial score (nSPS) is 14.1. The molecule has 0 bridgehead atoms. The number of aromatic nitrogens is 6. The second kappa shape index (κ2) is 11.1. The van der Waals surface area contributed by atoms with Crippen LogP contribution in [0.4, 0.5) is 11.6 Å². The summed E-state index contributed by atoms with van der Waals surface area (Å²) in [7, 11) is 0. The van der Waals surface area contributed by atoms with Crippen LogP contribution in [0.2, 0.25) is 5.02 Å². The molecule has 1 aliphatic rings. The minimum Gasteiger partial charge on any atom is -0.482 e. The number of fused-ring (bicyclic) bond motifs is 3. The average Bonchev–Trinajstić information content (AvgIpc) is 3.56. The summed E-state index contributed by atoms with van der Waals surface area (Å²) in [5.41, 5.74) is 8.33. The Bertz CT molecular complexity index is 1780. The van der Waals surface area contributed by atoms with Gasteiger partial charge in [-0.25, -0.2) is 14.6 Å². The third kappa shape index (κ3) is 5.12. The molecule has 0 unspecified atom stereocenters. The number of carboxylic acids is 2.